The predicted molar refractivity (Wildman–Crippen MR) is 118 cm³/mol. The van der Waals surface area contributed by atoms with Crippen LogP contribution in [0, 0.1) is 0 Å². The molecule has 0 bridgehead atoms. The average Bonchev–Trinajstić information content (AvgIpc) is 3.49. The Morgan fingerprint density at radius 2 is 1.90 bits per heavy atom. The molecule has 0 saturated heterocycles. The number of aromatic nitrogens is 1. The highest BCUT2D eigenvalue weighted by Gasteiger charge is 2.51. The molecule has 1 saturated carbocycles. The van der Waals surface area contributed by atoms with Crippen LogP contribution in [0.4, 0.5) is 5.82 Å². The summed E-state index contributed by atoms with van der Waals surface area (Å²) in [6, 6.07) is 19.2. The largest absolute Gasteiger partial charge is 0.493 e. The van der Waals surface area contributed by atoms with Gasteiger partial charge >= 0.3 is 0 Å². The van der Waals surface area contributed by atoms with Crippen molar-refractivity contribution in [1.82, 2.24) is 4.98 Å². The van der Waals surface area contributed by atoms with Gasteiger partial charge in [-0.15, -0.1) is 0 Å². The molecular weight excluding hydrogens is 392 g/mol. The molecule has 1 aliphatic carbocycles. The Bertz CT molecular complexity index is 1120. The number of anilines is 1. The van der Waals surface area contributed by atoms with Gasteiger partial charge < -0.3 is 19.5 Å². The van der Waals surface area contributed by atoms with E-state index in [1.807, 2.05) is 60.7 Å². The van der Waals surface area contributed by atoms with Crippen molar-refractivity contribution in [3.8, 4) is 28.5 Å². The minimum absolute atomic E-state index is 0.0495. The Morgan fingerprint density at radius 3 is 2.74 bits per heavy atom. The van der Waals surface area contributed by atoms with E-state index in [1.165, 1.54) is 0 Å². The van der Waals surface area contributed by atoms with Crippen LogP contribution in [0.2, 0.25) is 0 Å². The quantitative estimate of drug-likeness (QED) is 0.591. The maximum atomic E-state index is 13.2. The average molecular weight is 416 g/mol. The topological polar surface area (TPSA) is 69.7 Å². The summed E-state index contributed by atoms with van der Waals surface area (Å²) in [4.78, 5) is 17.9. The molecule has 1 aromatic heterocycles. The number of nitrogens with zero attached hydrogens (tertiary/aromatic N) is 1. The molecule has 1 amide bonds. The molecule has 1 N–H and O–H groups in total. The maximum Gasteiger partial charge on any atom is 0.236 e. The number of hydrogen-bond acceptors (Lipinski definition) is 5. The zero-order valence-corrected chi connectivity index (χ0v) is 17.4. The lowest BCUT2D eigenvalue weighted by molar-refractivity contribution is -0.118. The number of carbonyl (C=O) groups is 1. The van der Waals surface area contributed by atoms with Gasteiger partial charge in [0.1, 0.15) is 11.6 Å². The second kappa shape index (κ2) is 7.95. The Balaban J connectivity index is 1.37. The highest BCUT2D eigenvalue weighted by atomic mass is 16.7. The van der Waals surface area contributed by atoms with E-state index in [9.17, 15) is 4.79 Å². The standard InChI is InChI=1S/C25H24N2O4/c1-2-14-29-20-8-4-3-6-18(20)19-7-5-9-23(26-19)27-24(28)25(12-13-25)17-10-11-21-22(15-17)31-16-30-21/h3-11,15H,2,12-14,16H2,1H3,(H,26,27,28). The molecule has 6 nitrogen and oxygen atoms in total. The zero-order valence-electron chi connectivity index (χ0n) is 17.4. The minimum atomic E-state index is -0.541. The Morgan fingerprint density at radius 1 is 1.06 bits per heavy atom. The van der Waals surface area contributed by atoms with Gasteiger partial charge in [0, 0.05) is 5.56 Å². The predicted octanol–water partition coefficient (Wildman–Crippen LogP) is 4.94. The van der Waals surface area contributed by atoms with Crippen molar-refractivity contribution in [1.29, 1.82) is 0 Å². The monoisotopic (exact) mass is 416 g/mol. The van der Waals surface area contributed by atoms with Gasteiger partial charge in [-0.2, -0.15) is 0 Å². The van der Waals surface area contributed by atoms with Gasteiger partial charge in [-0.3, -0.25) is 4.79 Å². The van der Waals surface area contributed by atoms with E-state index in [-0.39, 0.29) is 12.7 Å². The van der Waals surface area contributed by atoms with E-state index >= 15 is 0 Å². The normalized spacial score (nSPS) is 15.4. The lowest BCUT2D eigenvalue weighted by atomic mass is 9.94. The van der Waals surface area contributed by atoms with Crippen LogP contribution in [0.25, 0.3) is 11.3 Å². The molecule has 1 fully saturated rings. The fourth-order valence-corrected chi connectivity index (χ4v) is 3.87. The van der Waals surface area contributed by atoms with E-state index in [4.69, 9.17) is 14.2 Å². The molecule has 158 valence electrons. The first-order valence-electron chi connectivity index (χ1n) is 10.6. The number of hydrogen-bond donors (Lipinski definition) is 1. The van der Waals surface area contributed by atoms with Crippen molar-refractivity contribution in [2.75, 3.05) is 18.7 Å². The lowest BCUT2D eigenvalue weighted by Crippen LogP contribution is -2.28. The smallest absolute Gasteiger partial charge is 0.236 e. The Hall–Kier alpha value is -3.54. The van der Waals surface area contributed by atoms with Crippen LogP contribution in [-0.2, 0) is 10.2 Å². The summed E-state index contributed by atoms with van der Waals surface area (Å²) in [5.41, 5.74) is 2.07. The van der Waals surface area contributed by atoms with Crippen molar-refractivity contribution >= 4 is 11.7 Å². The first kappa shape index (κ1) is 19.4. The van der Waals surface area contributed by atoms with E-state index in [1.54, 1.807) is 0 Å². The van der Waals surface area contributed by atoms with Crippen molar-refractivity contribution in [3.63, 3.8) is 0 Å². The SMILES string of the molecule is CCCOc1ccccc1-c1cccc(NC(=O)C2(c3ccc4c(c3)OCO4)CC2)n1. The Labute approximate surface area is 181 Å². The molecule has 0 spiro atoms. The number of nitrogens with one attached hydrogen (secondary N) is 1. The third-order valence-corrected chi connectivity index (χ3v) is 5.73. The number of rotatable bonds is 7. The molecule has 2 aromatic carbocycles. The van der Waals surface area contributed by atoms with E-state index in [2.05, 4.69) is 17.2 Å². The van der Waals surface area contributed by atoms with Crippen LogP contribution >= 0.6 is 0 Å². The molecule has 6 heteroatoms. The van der Waals surface area contributed by atoms with Gasteiger partial charge in [0.05, 0.1) is 17.7 Å². The first-order chi connectivity index (χ1) is 15.2. The Kier molecular flexibility index (Phi) is 4.98. The number of fused-ring (bicyclic) bond motifs is 1. The molecular formula is C25H24N2O4. The summed E-state index contributed by atoms with van der Waals surface area (Å²) in [7, 11) is 0. The second-order valence-corrected chi connectivity index (χ2v) is 7.86. The third kappa shape index (κ3) is 3.69. The van der Waals surface area contributed by atoms with Crippen LogP contribution in [0.3, 0.4) is 0 Å². The number of carbonyl (C=O) groups excluding carboxylic acids is 1. The molecule has 1 aliphatic heterocycles. The van der Waals surface area contributed by atoms with Gasteiger partial charge in [-0.05, 0) is 61.2 Å². The van der Waals surface area contributed by atoms with Gasteiger partial charge in [0.15, 0.2) is 11.5 Å². The van der Waals surface area contributed by atoms with Crippen LogP contribution in [0.15, 0.2) is 60.7 Å². The highest BCUT2D eigenvalue weighted by Crippen LogP contribution is 2.51. The highest BCUT2D eigenvalue weighted by molar-refractivity contribution is 6.01. The number of para-hydroxylation sites is 1. The van der Waals surface area contributed by atoms with Crippen LogP contribution in [0.1, 0.15) is 31.7 Å². The summed E-state index contributed by atoms with van der Waals surface area (Å²) in [6.07, 6.45) is 2.53. The molecule has 2 heterocycles. The van der Waals surface area contributed by atoms with E-state index in [0.717, 1.165) is 47.6 Å². The summed E-state index contributed by atoms with van der Waals surface area (Å²) < 4.78 is 16.7. The molecule has 0 radical (unpaired) electrons. The van der Waals surface area contributed by atoms with Crippen molar-refractivity contribution < 1.29 is 19.0 Å². The summed E-state index contributed by atoms with van der Waals surface area (Å²) in [5.74, 6) is 2.68. The number of pyridine rings is 1. The van der Waals surface area contributed by atoms with Gasteiger partial charge in [0.25, 0.3) is 0 Å². The van der Waals surface area contributed by atoms with Gasteiger partial charge in [0.2, 0.25) is 12.7 Å². The fraction of sp³-hybridized carbons (Fsp3) is 0.280. The minimum Gasteiger partial charge on any atom is -0.493 e. The number of ether oxygens (including phenoxy) is 3. The van der Waals surface area contributed by atoms with Crippen molar-refractivity contribution in [3.05, 3.63) is 66.2 Å². The molecule has 2 aliphatic rings. The van der Waals surface area contributed by atoms with Crippen LogP contribution < -0.4 is 19.5 Å². The van der Waals surface area contributed by atoms with Crippen molar-refractivity contribution in [2.45, 2.75) is 31.6 Å². The molecule has 31 heavy (non-hydrogen) atoms. The third-order valence-electron chi connectivity index (χ3n) is 5.73. The fourth-order valence-electron chi connectivity index (χ4n) is 3.87. The second-order valence-electron chi connectivity index (χ2n) is 7.86. The van der Waals surface area contributed by atoms with E-state index in [0.29, 0.717) is 18.2 Å². The molecule has 0 atom stereocenters. The zero-order chi connectivity index (χ0) is 21.3. The molecule has 0 unspecified atom stereocenters. The van der Waals surface area contributed by atoms with Crippen LogP contribution in [0.5, 0.6) is 17.2 Å². The van der Waals surface area contributed by atoms with E-state index < -0.39 is 5.41 Å². The molecule has 3 aromatic rings. The maximum absolute atomic E-state index is 13.2. The first-order valence-corrected chi connectivity index (χ1v) is 10.6. The van der Waals surface area contributed by atoms with Crippen LogP contribution in [-0.4, -0.2) is 24.3 Å². The molecule has 5 rings (SSSR count). The van der Waals surface area contributed by atoms with Gasteiger partial charge in [-0.25, -0.2) is 4.98 Å². The summed E-state index contributed by atoms with van der Waals surface area (Å²) in [6.45, 7) is 2.94. The number of amides is 1. The van der Waals surface area contributed by atoms with Crippen molar-refractivity contribution in [2.24, 2.45) is 0 Å². The lowest BCUT2D eigenvalue weighted by Gasteiger charge is -2.16. The summed E-state index contributed by atoms with van der Waals surface area (Å²) >= 11 is 0. The number of benzene rings is 2. The van der Waals surface area contributed by atoms with Gasteiger partial charge in [-0.1, -0.05) is 31.2 Å². The summed E-state index contributed by atoms with van der Waals surface area (Å²) in [5, 5.41) is 3.02.